The molecule has 0 unspecified atom stereocenters. The second-order valence-electron chi connectivity index (χ2n) is 6.94. The van der Waals surface area contributed by atoms with Crippen molar-refractivity contribution in [2.75, 3.05) is 32.8 Å². The van der Waals surface area contributed by atoms with E-state index >= 15 is 0 Å². The fraction of sp³-hybridized carbons (Fsp3) is 0.600. The van der Waals surface area contributed by atoms with Gasteiger partial charge in [-0.25, -0.2) is 0 Å². The SMILES string of the molecule is CCc1ccccc1OCC(=O)N1CCC(C(=O)N2CCCC2)CC1. The van der Waals surface area contributed by atoms with Gasteiger partial charge in [-0.05, 0) is 43.7 Å². The number of hydrogen-bond acceptors (Lipinski definition) is 3. The van der Waals surface area contributed by atoms with Crippen LogP contribution in [-0.2, 0) is 16.0 Å². The maximum absolute atomic E-state index is 12.5. The Labute approximate surface area is 149 Å². The number of ether oxygens (including phenoxy) is 1. The maximum atomic E-state index is 12.5. The molecule has 0 saturated carbocycles. The van der Waals surface area contributed by atoms with Gasteiger partial charge >= 0.3 is 0 Å². The van der Waals surface area contributed by atoms with Gasteiger partial charge in [0.05, 0.1) is 0 Å². The lowest BCUT2D eigenvalue weighted by Gasteiger charge is -2.33. The molecule has 0 spiro atoms. The Bertz CT molecular complexity index is 603. The quantitative estimate of drug-likeness (QED) is 0.825. The van der Waals surface area contributed by atoms with E-state index in [1.807, 2.05) is 34.1 Å². The van der Waals surface area contributed by atoms with Gasteiger partial charge in [0.15, 0.2) is 6.61 Å². The molecule has 0 bridgehead atoms. The molecule has 2 aliphatic heterocycles. The Morgan fingerprint density at radius 2 is 1.72 bits per heavy atom. The highest BCUT2D eigenvalue weighted by molar-refractivity contribution is 5.81. The Hall–Kier alpha value is -2.04. The number of piperidine rings is 1. The summed E-state index contributed by atoms with van der Waals surface area (Å²) in [7, 11) is 0. The summed E-state index contributed by atoms with van der Waals surface area (Å²) >= 11 is 0. The molecule has 136 valence electrons. The van der Waals surface area contributed by atoms with Gasteiger partial charge in [0.2, 0.25) is 5.91 Å². The van der Waals surface area contributed by atoms with Crippen LogP contribution in [0.15, 0.2) is 24.3 Å². The van der Waals surface area contributed by atoms with E-state index in [4.69, 9.17) is 4.74 Å². The van der Waals surface area contributed by atoms with Crippen LogP contribution < -0.4 is 4.74 Å². The number of likely N-dealkylation sites (tertiary alicyclic amines) is 2. The monoisotopic (exact) mass is 344 g/mol. The van der Waals surface area contributed by atoms with Crippen molar-refractivity contribution in [1.82, 2.24) is 9.80 Å². The fourth-order valence-electron chi connectivity index (χ4n) is 3.74. The third-order valence-corrected chi connectivity index (χ3v) is 5.32. The third kappa shape index (κ3) is 4.33. The zero-order chi connectivity index (χ0) is 17.6. The second-order valence-corrected chi connectivity index (χ2v) is 6.94. The molecule has 1 aromatic rings. The molecule has 25 heavy (non-hydrogen) atoms. The fourth-order valence-corrected chi connectivity index (χ4v) is 3.74. The first kappa shape index (κ1) is 17.8. The first-order chi connectivity index (χ1) is 12.2. The van der Waals surface area contributed by atoms with Crippen LogP contribution in [0.1, 0.15) is 38.2 Å². The van der Waals surface area contributed by atoms with Crippen molar-refractivity contribution in [3.8, 4) is 5.75 Å². The number of hydrogen-bond donors (Lipinski definition) is 0. The molecule has 0 aromatic heterocycles. The molecule has 2 heterocycles. The van der Waals surface area contributed by atoms with Crippen molar-refractivity contribution in [2.45, 2.75) is 39.0 Å². The topological polar surface area (TPSA) is 49.9 Å². The molecule has 5 nitrogen and oxygen atoms in total. The molecule has 5 heteroatoms. The molecule has 3 rings (SSSR count). The lowest BCUT2D eigenvalue weighted by molar-refractivity contribution is -0.140. The third-order valence-electron chi connectivity index (χ3n) is 5.32. The summed E-state index contributed by atoms with van der Waals surface area (Å²) in [5, 5.41) is 0. The lowest BCUT2D eigenvalue weighted by atomic mass is 9.95. The van der Waals surface area contributed by atoms with Gasteiger partial charge in [0.1, 0.15) is 5.75 Å². The number of rotatable bonds is 5. The Kier molecular flexibility index (Phi) is 5.95. The largest absolute Gasteiger partial charge is 0.483 e. The van der Waals surface area contributed by atoms with Gasteiger partial charge in [-0.3, -0.25) is 9.59 Å². The van der Waals surface area contributed by atoms with E-state index in [2.05, 4.69) is 6.92 Å². The van der Waals surface area contributed by atoms with E-state index in [1.54, 1.807) is 0 Å². The smallest absolute Gasteiger partial charge is 0.260 e. The minimum atomic E-state index is 0.0120. The summed E-state index contributed by atoms with van der Waals surface area (Å²) in [5.74, 6) is 1.18. The van der Waals surface area contributed by atoms with Gasteiger partial charge in [0, 0.05) is 32.1 Å². The molecule has 0 atom stereocenters. The summed E-state index contributed by atoms with van der Waals surface area (Å²) in [4.78, 5) is 28.7. The summed E-state index contributed by atoms with van der Waals surface area (Å²) in [6, 6.07) is 7.84. The number of aryl methyl sites for hydroxylation is 1. The Balaban J connectivity index is 1.46. The van der Waals surface area contributed by atoms with E-state index in [1.165, 1.54) is 0 Å². The minimum Gasteiger partial charge on any atom is -0.483 e. The molecule has 2 aliphatic rings. The summed E-state index contributed by atoms with van der Waals surface area (Å²) < 4.78 is 5.73. The number of carbonyl (C=O) groups is 2. The van der Waals surface area contributed by atoms with Crippen LogP contribution in [0.25, 0.3) is 0 Å². The van der Waals surface area contributed by atoms with E-state index in [0.29, 0.717) is 13.1 Å². The first-order valence-corrected chi connectivity index (χ1v) is 9.46. The average Bonchev–Trinajstić information content (AvgIpc) is 3.20. The van der Waals surface area contributed by atoms with Gasteiger partial charge < -0.3 is 14.5 Å². The molecule has 2 fully saturated rings. The highest BCUT2D eigenvalue weighted by atomic mass is 16.5. The van der Waals surface area contributed by atoms with Crippen molar-refractivity contribution in [1.29, 1.82) is 0 Å². The highest BCUT2D eigenvalue weighted by Gasteiger charge is 2.31. The van der Waals surface area contributed by atoms with Gasteiger partial charge in [-0.2, -0.15) is 0 Å². The van der Waals surface area contributed by atoms with Gasteiger partial charge in [0.25, 0.3) is 5.91 Å². The van der Waals surface area contributed by atoms with Gasteiger partial charge in [-0.15, -0.1) is 0 Å². The van der Waals surface area contributed by atoms with E-state index in [0.717, 1.165) is 56.5 Å². The lowest BCUT2D eigenvalue weighted by Crippen LogP contribution is -2.45. The molecule has 0 radical (unpaired) electrons. The summed E-state index contributed by atoms with van der Waals surface area (Å²) in [5.41, 5.74) is 1.12. The van der Waals surface area contributed by atoms with Crippen molar-refractivity contribution >= 4 is 11.8 Å². The predicted molar refractivity (Wildman–Crippen MR) is 96.4 cm³/mol. The van der Waals surface area contributed by atoms with Gasteiger partial charge in [-0.1, -0.05) is 25.1 Å². The predicted octanol–water partition coefficient (Wildman–Crippen LogP) is 2.49. The van der Waals surface area contributed by atoms with Crippen LogP contribution in [0.2, 0.25) is 0 Å². The van der Waals surface area contributed by atoms with Crippen LogP contribution >= 0.6 is 0 Å². The Morgan fingerprint density at radius 3 is 2.40 bits per heavy atom. The molecule has 2 amide bonds. The summed E-state index contributed by atoms with van der Waals surface area (Å²) in [6.07, 6.45) is 4.67. The molecular formula is C20H28N2O3. The van der Waals surface area contributed by atoms with Crippen molar-refractivity contribution in [2.24, 2.45) is 5.92 Å². The number of carbonyl (C=O) groups excluding carboxylic acids is 2. The zero-order valence-corrected chi connectivity index (χ0v) is 15.1. The number of para-hydroxylation sites is 1. The van der Waals surface area contributed by atoms with Crippen LogP contribution in [0.4, 0.5) is 0 Å². The number of amides is 2. The van der Waals surface area contributed by atoms with E-state index in [-0.39, 0.29) is 24.3 Å². The van der Waals surface area contributed by atoms with E-state index in [9.17, 15) is 9.59 Å². The molecular weight excluding hydrogens is 316 g/mol. The van der Waals surface area contributed by atoms with Crippen LogP contribution in [0.3, 0.4) is 0 Å². The van der Waals surface area contributed by atoms with E-state index < -0.39 is 0 Å². The molecule has 2 saturated heterocycles. The van der Waals surface area contributed by atoms with Crippen LogP contribution in [0.5, 0.6) is 5.75 Å². The number of benzene rings is 1. The molecule has 1 aromatic carbocycles. The van der Waals surface area contributed by atoms with Crippen molar-refractivity contribution < 1.29 is 14.3 Å². The van der Waals surface area contributed by atoms with Crippen molar-refractivity contribution in [3.05, 3.63) is 29.8 Å². The van der Waals surface area contributed by atoms with Crippen LogP contribution in [-0.4, -0.2) is 54.4 Å². The molecule has 0 N–H and O–H groups in total. The molecule has 0 aliphatic carbocycles. The normalized spacial score (nSPS) is 18.4. The standard InChI is InChI=1S/C20H28N2O3/c1-2-16-7-3-4-8-18(16)25-15-19(23)21-13-9-17(10-14-21)20(24)22-11-5-6-12-22/h3-4,7-8,17H,2,5-6,9-15H2,1H3. The highest BCUT2D eigenvalue weighted by Crippen LogP contribution is 2.23. The minimum absolute atomic E-state index is 0.0120. The second kappa shape index (κ2) is 8.37. The summed E-state index contributed by atoms with van der Waals surface area (Å²) in [6.45, 7) is 5.27. The van der Waals surface area contributed by atoms with Crippen molar-refractivity contribution in [3.63, 3.8) is 0 Å². The average molecular weight is 344 g/mol. The van der Waals surface area contributed by atoms with Crippen LogP contribution in [0, 0.1) is 5.92 Å². The number of nitrogens with zero attached hydrogens (tertiary/aromatic N) is 2. The zero-order valence-electron chi connectivity index (χ0n) is 15.1. The Morgan fingerprint density at radius 1 is 1.04 bits per heavy atom. The maximum Gasteiger partial charge on any atom is 0.260 e. The first-order valence-electron chi connectivity index (χ1n) is 9.46.